The lowest BCUT2D eigenvalue weighted by Crippen LogP contribution is -2.35. The maximum atomic E-state index is 6.06. The van der Waals surface area contributed by atoms with E-state index in [2.05, 4.69) is 50.9 Å². The second kappa shape index (κ2) is 8.04. The van der Waals surface area contributed by atoms with E-state index in [0.717, 1.165) is 43.9 Å². The molecule has 0 bridgehead atoms. The van der Waals surface area contributed by atoms with Gasteiger partial charge in [0, 0.05) is 24.1 Å². The van der Waals surface area contributed by atoms with Crippen molar-refractivity contribution in [1.82, 2.24) is 15.3 Å². The van der Waals surface area contributed by atoms with Crippen LogP contribution < -0.4 is 16.4 Å². The summed E-state index contributed by atoms with van der Waals surface area (Å²) in [6.45, 7) is 2.08. The lowest BCUT2D eigenvalue weighted by Gasteiger charge is -2.27. The number of hydrogen-bond donors (Lipinski definition) is 3. The van der Waals surface area contributed by atoms with Crippen molar-refractivity contribution in [2.45, 2.75) is 56.9 Å². The molecule has 2 unspecified atom stereocenters. The maximum absolute atomic E-state index is 6.06. The van der Waals surface area contributed by atoms with Gasteiger partial charge in [0.1, 0.15) is 5.82 Å². The van der Waals surface area contributed by atoms with Crippen molar-refractivity contribution < 1.29 is 0 Å². The van der Waals surface area contributed by atoms with Crippen LogP contribution in [0.2, 0.25) is 0 Å². The molecule has 2 aromatic rings. The predicted molar refractivity (Wildman–Crippen MR) is 106 cm³/mol. The molecular formula is C21H29N5. The topological polar surface area (TPSA) is 75.9 Å². The summed E-state index contributed by atoms with van der Waals surface area (Å²) < 4.78 is 0. The molecule has 0 amide bonds. The van der Waals surface area contributed by atoms with Crippen LogP contribution in [-0.4, -0.2) is 29.1 Å². The first-order chi connectivity index (χ1) is 12.8. The van der Waals surface area contributed by atoms with Gasteiger partial charge in [-0.05, 0) is 50.6 Å². The van der Waals surface area contributed by atoms with Gasteiger partial charge in [-0.15, -0.1) is 0 Å². The maximum Gasteiger partial charge on any atom is 0.222 e. The minimum absolute atomic E-state index is 0.325. The molecule has 1 aromatic heterocycles. The first-order valence-electron chi connectivity index (χ1n) is 10.00. The largest absolute Gasteiger partial charge is 0.370 e. The lowest BCUT2D eigenvalue weighted by atomic mass is 9.82. The van der Waals surface area contributed by atoms with Crippen molar-refractivity contribution in [3.63, 3.8) is 0 Å². The summed E-state index contributed by atoms with van der Waals surface area (Å²) in [7, 11) is 0. The molecular weight excluding hydrogens is 322 g/mol. The van der Waals surface area contributed by atoms with Crippen LogP contribution in [0.5, 0.6) is 0 Å². The van der Waals surface area contributed by atoms with Crippen molar-refractivity contribution in [2.24, 2.45) is 0 Å². The smallest absolute Gasteiger partial charge is 0.222 e. The van der Waals surface area contributed by atoms with Crippen molar-refractivity contribution in [3.05, 3.63) is 47.2 Å². The average Bonchev–Trinajstić information content (AvgIpc) is 2.69. The van der Waals surface area contributed by atoms with E-state index in [9.17, 15) is 0 Å². The zero-order chi connectivity index (χ0) is 17.8. The molecule has 138 valence electrons. The van der Waals surface area contributed by atoms with Crippen molar-refractivity contribution in [1.29, 1.82) is 0 Å². The van der Waals surface area contributed by atoms with E-state index in [0.29, 0.717) is 17.9 Å². The molecule has 5 heteroatoms. The summed E-state index contributed by atoms with van der Waals surface area (Å²) in [5.41, 5.74) is 9.76. The number of nitrogens with one attached hydrogen (secondary N) is 2. The van der Waals surface area contributed by atoms with Gasteiger partial charge in [-0.25, -0.2) is 4.98 Å². The van der Waals surface area contributed by atoms with E-state index >= 15 is 0 Å². The first kappa shape index (κ1) is 17.3. The summed E-state index contributed by atoms with van der Waals surface area (Å²) in [5.74, 6) is 1.65. The molecule has 0 saturated carbocycles. The van der Waals surface area contributed by atoms with E-state index in [1.807, 2.05) is 0 Å². The monoisotopic (exact) mass is 351 g/mol. The Morgan fingerprint density at radius 2 is 1.96 bits per heavy atom. The minimum atomic E-state index is 0.325. The number of aromatic nitrogens is 2. The van der Waals surface area contributed by atoms with Crippen LogP contribution in [0.4, 0.5) is 11.8 Å². The molecule has 4 rings (SSSR count). The molecule has 2 atom stereocenters. The van der Waals surface area contributed by atoms with Crippen molar-refractivity contribution >= 4 is 11.8 Å². The summed E-state index contributed by atoms with van der Waals surface area (Å²) in [4.78, 5) is 9.18. The van der Waals surface area contributed by atoms with Crippen LogP contribution in [0.3, 0.4) is 0 Å². The third kappa shape index (κ3) is 3.83. The Morgan fingerprint density at radius 1 is 1.08 bits per heavy atom. The van der Waals surface area contributed by atoms with E-state index in [4.69, 9.17) is 5.73 Å². The molecule has 26 heavy (non-hydrogen) atoms. The second-order valence-electron chi connectivity index (χ2n) is 7.51. The second-order valence-corrected chi connectivity index (χ2v) is 7.51. The van der Waals surface area contributed by atoms with Crippen LogP contribution in [-0.2, 0) is 6.42 Å². The Kier molecular flexibility index (Phi) is 5.34. The van der Waals surface area contributed by atoms with Crippen LogP contribution >= 0.6 is 0 Å². The Hall–Kier alpha value is -2.14. The van der Waals surface area contributed by atoms with E-state index in [1.54, 1.807) is 0 Å². The van der Waals surface area contributed by atoms with Crippen molar-refractivity contribution in [3.8, 4) is 0 Å². The number of nitrogens with zero attached hydrogens (tertiary/aromatic N) is 2. The highest BCUT2D eigenvalue weighted by Gasteiger charge is 2.26. The SMILES string of the molecule is Nc1nc(NCCC2CCCCN2)c2c(n1)C(c1ccccc1)CCC2. The molecule has 2 heterocycles. The van der Waals surface area contributed by atoms with Gasteiger partial charge < -0.3 is 16.4 Å². The van der Waals surface area contributed by atoms with Crippen LogP contribution in [0.25, 0.3) is 0 Å². The Morgan fingerprint density at radius 3 is 2.77 bits per heavy atom. The Labute approximate surface area is 155 Å². The number of hydrogen-bond acceptors (Lipinski definition) is 5. The normalized spacial score (nSPS) is 22.6. The summed E-state index contributed by atoms with van der Waals surface area (Å²) in [5, 5.41) is 7.17. The fourth-order valence-corrected chi connectivity index (χ4v) is 4.36. The summed E-state index contributed by atoms with van der Waals surface area (Å²) >= 11 is 0. The molecule has 1 aliphatic heterocycles. The van der Waals surface area contributed by atoms with E-state index < -0.39 is 0 Å². The number of piperidine rings is 1. The van der Waals surface area contributed by atoms with Gasteiger partial charge in [0.05, 0.1) is 5.69 Å². The number of nitrogens with two attached hydrogens (primary N) is 1. The third-order valence-electron chi connectivity index (χ3n) is 5.71. The minimum Gasteiger partial charge on any atom is -0.370 e. The van der Waals surface area contributed by atoms with Crippen LogP contribution in [0.15, 0.2) is 30.3 Å². The molecule has 1 aromatic carbocycles. The van der Waals surface area contributed by atoms with Gasteiger partial charge in [-0.3, -0.25) is 0 Å². The zero-order valence-corrected chi connectivity index (χ0v) is 15.4. The fraction of sp³-hybridized carbons (Fsp3) is 0.524. The molecule has 4 N–H and O–H groups in total. The van der Waals surface area contributed by atoms with Crippen molar-refractivity contribution in [2.75, 3.05) is 24.1 Å². The zero-order valence-electron chi connectivity index (χ0n) is 15.4. The van der Waals surface area contributed by atoms with Gasteiger partial charge >= 0.3 is 0 Å². The van der Waals surface area contributed by atoms with Crippen LogP contribution in [0, 0.1) is 0 Å². The highest BCUT2D eigenvalue weighted by Crippen LogP contribution is 2.38. The predicted octanol–water partition coefficient (Wildman–Crippen LogP) is 3.47. The standard InChI is InChI=1S/C21H29N5/c22-21-25-19-17(15-7-2-1-3-8-15)10-6-11-18(19)20(26-21)24-14-12-16-9-4-5-13-23-16/h1-3,7-8,16-17,23H,4-6,9-14H2,(H3,22,24,25,26). The van der Waals surface area contributed by atoms with Gasteiger partial charge in [-0.2, -0.15) is 4.98 Å². The third-order valence-corrected chi connectivity index (χ3v) is 5.71. The Bertz CT molecular complexity index is 725. The Balaban J connectivity index is 1.52. The van der Waals surface area contributed by atoms with Gasteiger partial charge in [0.25, 0.3) is 0 Å². The molecule has 1 aliphatic carbocycles. The van der Waals surface area contributed by atoms with Gasteiger partial charge in [-0.1, -0.05) is 36.8 Å². The lowest BCUT2D eigenvalue weighted by molar-refractivity contribution is 0.388. The molecule has 2 aliphatic rings. The molecule has 0 radical (unpaired) electrons. The van der Waals surface area contributed by atoms with Crippen LogP contribution in [0.1, 0.15) is 61.3 Å². The molecule has 1 saturated heterocycles. The van der Waals surface area contributed by atoms with Gasteiger partial charge in [0.15, 0.2) is 0 Å². The molecule has 5 nitrogen and oxygen atoms in total. The molecule has 1 fully saturated rings. The number of fused-ring (bicyclic) bond motifs is 1. The number of anilines is 2. The highest BCUT2D eigenvalue weighted by atomic mass is 15.1. The summed E-state index contributed by atoms with van der Waals surface area (Å²) in [6.07, 6.45) is 8.37. The number of benzene rings is 1. The number of rotatable bonds is 5. The quantitative estimate of drug-likeness (QED) is 0.769. The van der Waals surface area contributed by atoms with E-state index in [1.165, 1.54) is 36.8 Å². The average molecular weight is 351 g/mol. The van der Waals surface area contributed by atoms with Gasteiger partial charge in [0.2, 0.25) is 5.95 Å². The fourth-order valence-electron chi connectivity index (χ4n) is 4.36. The van der Waals surface area contributed by atoms with E-state index in [-0.39, 0.29) is 0 Å². The number of nitrogen functional groups attached to an aromatic ring is 1. The first-order valence-corrected chi connectivity index (χ1v) is 10.00. The summed E-state index contributed by atoms with van der Waals surface area (Å²) in [6, 6.07) is 11.3. The molecule has 0 spiro atoms. The highest BCUT2D eigenvalue weighted by molar-refractivity contribution is 5.53.